The van der Waals surface area contributed by atoms with E-state index < -0.39 is 64.9 Å². The van der Waals surface area contributed by atoms with Crippen molar-refractivity contribution in [2.24, 2.45) is 16.2 Å². The molecule has 1 saturated carbocycles. The second kappa shape index (κ2) is 5.40. The molecule has 10 heteroatoms. The number of ketones is 2. The maximum Gasteiger partial charge on any atom is 0.264 e. The summed E-state index contributed by atoms with van der Waals surface area (Å²) >= 11 is -2.25. The summed E-state index contributed by atoms with van der Waals surface area (Å²) in [7, 11) is 0. The predicted octanol–water partition coefficient (Wildman–Crippen LogP) is 2.50. The fourth-order valence-corrected chi connectivity index (χ4v) is 5.97. The molecule has 0 amide bonds. The summed E-state index contributed by atoms with van der Waals surface area (Å²) in [5.74, 6) is -4.22. The van der Waals surface area contributed by atoms with Crippen molar-refractivity contribution in [3.8, 4) is 0 Å². The minimum Gasteiger partial charge on any atom is -0.479 e. The van der Waals surface area contributed by atoms with Crippen LogP contribution >= 0.6 is 11.1 Å². The van der Waals surface area contributed by atoms with Gasteiger partial charge < -0.3 is 9.64 Å². The molecule has 0 N–H and O–H groups in total. The summed E-state index contributed by atoms with van der Waals surface area (Å²) in [6, 6.07) is -0.727. The van der Waals surface area contributed by atoms with E-state index in [4.69, 9.17) is 4.74 Å². The number of carbonyl (C=O) groups excluding carboxylic acids is 2. The van der Waals surface area contributed by atoms with Crippen LogP contribution in [0.5, 0.6) is 0 Å². The first-order valence-electron chi connectivity index (χ1n) is 8.44. The van der Waals surface area contributed by atoms with Gasteiger partial charge >= 0.3 is 0 Å². The van der Waals surface area contributed by atoms with Crippen LogP contribution < -0.4 is 0 Å². The van der Waals surface area contributed by atoms with E-state index in [2.05, 4.69) is 4.40 Å². The van der Waals surface area contributed by atoms with Crippen LogP contribution in [0.25, 0.3) is 0 Å². The fraction of sp³-hybridized carbons (Fsp3) is 0.625. The first kappa shape index (κ1) is 16.5. The van der Waals surface area contributed by atoms with E-state index in [9.17, 15) is 26.6 Å². The lowest BCUT2D eigenvalue weighted by molar-refractivity contribution is -0.146. The second-order valence-electron chi connectivity index (χ2n) is 7.21. The van der Waals surface area contributed by atoms with Crippen molar-refractivity contribution in [3.05, 3.63) is 11.5 Å². The van der Waals surface area contributed by atoms with Crippen LogP contribution in [-0.2, 0) is 14.3 Å². The Hall–Kier alpha value is -1.71. The number of allylic oxidation sites excluding steroid dienone is 2. The molecule has 5 aliphatic rings. The Kier molecular flexibility index (Phi) is 3.42. The van der Waals surface area contributed by atoms with Crippen molar-refractivity contribution in [2.45, 2.75) is 50.2 Å². The monoisotopic (exact) mass is 390 g/mol. The first-order chi connectivity index (χ1) is 12.4. The minimum atomic E-state index is -2.25. The van der Waals surface area contributed by atoms with Gasteiger partial charge in [0, 0.05) is 6.42 Å². The zero-order valence-electron chi connectivity index (χ0n) is 13.3. The van der Waals surface area contributed by atoms with Crippen LogP contribution in [0.15, 0.2) is 15.9 Å². The molecule has 5 rings (SSSR count). The molecule has 1 saturated heterocycles. The van der Waals surface area contributed by atoms with E-state index in [0.717, 1.165) is 0 Å². The van der Waals surface area contributed by atoms with Gasteiger partial charge in [0.1, 0.15) is 22.2 Å². The van der Waals surface area contributed by atoms with Crippen LogP contribution in [0.4, 0.5) is 17.1 Å². The van der Waals surface area contributed by atoms with Crippen molar-refractivity contribution < 1.29 is 31.4 Å². The van der Waals surface area contributed by atoms with Crippen molar-refractivity contribution in [1.29, 1.82) is 0 Å². The maximum absolute atomic E-state index is 14.6. The first-order valence-corrected chi connectivity index (χ1v) is 9.53. The van der Waals surface area contributed by atoms with E-state index in [1.807, 2.05) is 0 Å². The van der Waals surface area contributed by atoms with Crippen molar-refractivity contribution >= 4 is 33.6 Å². The van der Waals surface area contributed by atoms with Crippen LogP contribution in [-0.4, -0.2) is 51.9 Å². The van der Waals surface area contributed by atoms with Gasteiger partial charge in [-0.15, -0.1) is 3.89 Å². The van der Waals surface area contributed by atoms with E-state index in [1.165, 1.54) is 4.90 Å². The minimum absolute atomic E-state index is 0.0382. The molecule has 26 heavy (non-hydrogen) atoms. The lowest BCUT2D eigenvalue weighted by Gasteiger charge is -2.55. The number of rotatable bonds is 0. The number of hydrogen-bond donors (Lipinski definition) is 0. The molecule has 2 fully saturated rings. The zero-order chi connectivity index (χ0) is 18.3. The van der Waals surface area contributed by atoms with E-state index in [1.54, 1.807) is 0 Å². The molecule has 7 atom stereocenters. The van der Waals surface area contributed by atoms with Gasteiger partial charge in [-0.3, -0.25) is 9.59 Å². The Bertz CT molecular complexity index is 841. The molecule has 0 aromatic rings. The normalized spacial score (nSPS) is 44.3. The summed E-state index contributed by atoms with van der Waals surface area (Å²) in [4.78, 5) is 25.5. The molecule has 0 aromatic heterocycles. The summed E-state index contributed by atoms with van der Waals surface area (Å²) in [6.07, 6.45) is -5.15. The van der Waals surface area contributed by atoms with E-state index in [0.29, 0.717) is 0 Å². The number of nitrogens with zero attached hydrogens (tertiary/aromatic N) is 2. The number of alkyl halides is 2. The Labute approximate surface area is 148 Å². The molecule has 3 aliphatic heterocycles. The molecule has 3 heterocycles. The molecule has 5 nitrogen and oxygen atoms in total. The van der Waals surface area contributed by atoms with E-state index >= 15 is 0 Å². The molecule has 2 aliphatic carbocycles. The van der Waals surface area contributed by atoms with Crippen LogP contribution in [0.3, 0.4) is 0 Å². The van der Waals surface area contributed by atoms with Gasteiger partial charge in [0.2, 0.25) is 11.7 Å². The van der Waals surface area contributed by atoms with Gasteiger partial charge in [0.05, 0.1) is 17.7 Å². The molecular weight excluding hydrogens is 376 g/mol. The third kappa shape index (κ3) is 1.99. The predicted molar refractivity (Wildman–Crippen MR) is 85.0 cm³/mol. The lowest BCUT2D eigenvalue weighted by Crippen LogP contribution is -2.66. The molecule has 0 radical (unpaired) electrons. The molecule has 0 aromatic carbocycles. The number of carbonyl (C=O) groups is 2. The van der Waals surface area contributed by atoms with Gasteiger partial charge in [0.15, 0.2) is 18.0 Å². The quantitative estimate of drug-likeness (QED) is 0.362. The highest BCUT2D eigenvalue weighted by molar-refractivity contribution is 8.10. The van der Waals surface area contributed by atoms with Gasteiger partial charge in [-0.25, -0.2) is 8.78 Å². The number of Topliss-reactive ketones (excluding diaryl/α,β-unsaturated/α-hetero) is 2. The SMILES string of the molecule is O=C1CCC2=C(OC3C(F)C(F)CC4CC5C(F)=NS(F)=C5N2C43)C1=O. The summed E-state index contributed by atoms with van der Waals surface area (Å²) in [5, 5.41) is 0. The molecular formula is C16H14F4N2O3S. The highest BCUT2D eigenvalue weighted by atomic mass is 32.2. The Morgan fingerprint density at radius 2 is 1.96 bits per heavy atom. The number of halogens is 4. The van der Waals surface area contributed by atoms with Crippen molar-refractivity contribution in [1.82, 2.24) is 4.90 Å². The molecule has 140 valence electrons. The lowest BCUT2D eigenvalue weighted by atomic mass is 9.70. The second-order valence-corrected chi connectivity index (χ2v) is 8.28. The number of piperidine rings is 1. The number of fused-ring (bicyclic) bond motifs is 3. The van der Waals surface area contributed by atoms with Crippen molar-refractivity contribution in [3.63, 3.8) is 0 Å². The van der Waals surface area contributed by atoms with Gasteiger partial charge in [-0.2, -0.15) is 8.79 Å². The van der Waals surface area contributed by atoms with Crippen LogP contribution in [0.2, 0.25) is 0 Å². The summed E-state index contributed by atoms with van der Waals surface area (Å²) in [5.41, 5.74) is 0.269. The highest BCUT2D eigenvalue weighted by Gasteiger charge is 2.60. The fourth-order valence-electron chi connectivity index (χ4n) is 4.77. The third-order valence-electron chi connectivity index (χ3n) is 5.86. The number of ether oxygens (including phenoxy) is 1. The molecule has 0 spiro atoms. The average molecular weight is 390 g/mol. The molecule has 7 unspecified atom stereocenters. The maximum atomic E-state index is 14.6. The Morgan fingerprint density at radius 3 is 2.73 bits per heavy atom. The Morgan fingerprint density at radius 1 is 1.19 bits per heavy atom. The third-order valence-corrected chi connectivity index (χ3v) is 7.02. The number of hydrogen-bond acceptors (Lipinski definition) is 5. The van der Waals surface area contributed by atoms with Gasteiger partial charge in [0.25, 0.3) is 5.78 Å². The smallest absolute Gasteiger partial charge is 0.264 e. The van der Waals surface area contributed by atoms with Crippen LogP contribution in [0.1, 0.15) is 25.7 Å². The molecule has 0 bridgehead atoms. The van der Waals surface area contributed by atoms with E-state index in [-0.39, 0.29) is 42.1 Å². The zero-order valence-corrected chi connectivity index (χ0v) is 14.1. The summed E-state index contributed by atoms with van der Waals surface area (Å²) < 4.78 is 66.3. The Balaban J connectivity index is 1.70. The summed E-state index contributed by atoms with van der Waals surface area (Å²) in [6.45, 7) is 0. The van der Waals surface area contributed by atoms with Gasteiger partial charge in [-0.05, 0) is 25.2 Å². The van der Waals surface area contributed by atoms with Crippen molar-refractivity contribution in [2.75, 3.05) is 0 Å². The largest absolute Gasteiger partial charge is 0.479 e. The highest BCUT2D eigenvalue weighted by Crippen LogP contribution is 2.52. The average Bonchev–Trinajstić information content (AvgIpc) is 2.89. The standard InChI is InChI=1S/C16H14F4N2O3S/c17-7-4-5-3-6-15(19)21-26(20)16(6)22-8-1-2-9(23)12(24)13(8)25-14(10(7)18)11(5)22/h5-7,10-11,14H,1-4H2. The van der Waals surface area contributed by atoms with Gasteiger partial charge in [-0.1, -0.05) is 0 Å². The topological polar surface area (TPSA) is 59.0 Å². The van der Waals surface area contributed by atoms with Crippen LogP contribution in [0, 0.1) is 11.8 Å².